The minimum Gasteiger partial charge on any atom is -0.379 e. The van der Waals surface area contributed by atoms with E-state index in [0.29, 0.717) is 51.8 Å². The first-order valence-electron chi connectivity index (χ1n) is 10.5. The van der Waals surface area contributed by atoms with Gasteiger partial charge in [-0.15, -0.1) is 0 Å². The predicted octanol–water partition coefficient (Wildman–Crippen LogP) is 3.13. The van der Waals surface area contributed by atoms with Gasteiger partial charge in [0.05, 0.1) is 33.0 Å². The smallest absolute Gasteiger partial charge is 0.222 e. The molecule has 0 aromatic carbocycles. The second-order valence-electron chi connectivity index (χ2n) is 8.30. The molecule has 0 aliphatic heterocycles. The van der Waals surface area contributed by atoms with Crippen molar-refractivity contribution in [3.05, 3.63) is 0 Å². The van der Waals surface area contributed by atoms with Gasteiger partial charge in [-0.05, 0) is 45.4 Å². The Morgan fingerprint density at radius 2 is 1.41 bits per heavy atom. The van der Waals surface area contributed by atoms with Crippen LogP contribution >= 0.6 is 0 Å². The number of hydrogen-bond acceptors (Lipinski definition) is 5. The SMILES string of the molecule is CCOCCOCCOCCC(=O)NC12CCC(C(=O)C(C)C)(CC1)CC2.[HH]. The molecular weight excluding hydrogens is 346 g/mol. The van der Waals surface area contributed by atoms with E-state index in [-0.39, 0.29) is 24.2 Å². The molecular formula is C21H39NO5. The van der Waals surface area contributed by atoms with Crippen LogP contribution in [0.3, 0.4) is 0 Å². The van der Waals surface area contributed by atoms with Crippen LogP contribution in [0.2, 0.25) is 0 Å². The van der Waals surface area contributed by atoms with Crippen LogP contribution in [-0.2, 0) is 23.8 Å². The zero-order chi connectivity index (χ0) is 19.8. The van der Waals surface area contributed by atoms with Crippen LogP contribution < -0.4 is 5.32 Å². The third kappa shape index (κ3) is 6.26. The quantitative estimate of drug-likeness (QED) is 0.493. The van der Waals surface area contributed by atoms with E-state index in [4.69, 9.17) is 14.2 Å². The van der Waals surface area contributed by atoms with Gasteiger partial charge in [0, 0.05) is 31.3 Å². The summed E-state index contributed by atoms with van der Waals surface area (Å²) < 4.78 is 16.0. The maximum absolute atomic E-state index is 12.6. The fraction of sp³-hybridized carbons (Fsp3) is 0.905. The van der Waals surface area contributed by atoms with E-state index in [1.807, 2.05) is 20.8 Å². The zero-order valence-corrected chi connectivity index (χ0v) is 17.3. The molecule has 3 aliphatic carbocycles. The van der Waals surface area contributed by atoms with E-state index >= 15 is 0 Å². The van der Waals surface area contributed by atoms with Crippen molar-refractivity contribution in [2.24, 2.45) is 11.3 Å². The van der Waals surface area contributed by atoms with Crippen LogP contribution in [-0.4, -0.2) is 56.9 Å². The summed E-state index contributed by atoms with van der Waals surface area (Å²) in [5.41, 5.74) is -0.218. The van der Waals surface area contributed by atoms with Crippen LogP contribution in [0.25, 0.3) is 0 Å². The fourth-order valence-corrected chi connectivity index (χ4v) is 4.46. The monoisotopic (exact) mass is 385 g/mol. The topological polar surface area (TPSA) is 73.9 Å². The molecule has 1 N–H and O–H groups in total. The van der Waals surface area contributed by atoms with E-state index in [1.54, 1.807) is 0 Å². The highest BCUT2D eigenvalue weighted by Gasteiger charge is 2.52. The lowest BCUT2D eigenvalue weighted by Crippen LogP contribution is -2.58. The summed E-state index contributed by atoms with van der Waals surface area (Å²) >= 11 is 0. The van der Waals surface area contributed by atoms with Crippen LogP contribution in [0.15, 0.2) is 0 Å². The highest BCUT2D eigenvalue weighted by atomic mass is 16.5. The first-order chi connectivity index (χ1) is 12.9. The summed E-state index contributed by atoms with van der Waals surface area (Å²) in [5, 5.41) is 3.25. The standard InChI is InChI=1S/C21H37NO5.H2/c1-4-25-13-14-27-16-15-26-12-5-18(23)22-21-9-6-20(7-10-21,8-11-21)19(24)17(2)3;/h17H,4-16H2,1-3H3,(H,22,23);1H. The predicted molar refractivity (Wildman–Crippen MR) is 106 cm³/mol. The van der Waals surface area contributed by atoms with Gasteiger partial charge in [-0.1, -0.05) is 13.8 Å². The number of ether oxygens (including phenoxy) is 3. The van der Waals surface area contributed by atoms with Gasteiger partial charge in [0.25, 0.3) is 0 Å². The van der Waals surface area contributed by atoms with Crippen LogP contribution in [0.5, 0.6) is 0 Å². The van der Waals surface area contributed by atoms with Crippen LogP contribution in [0.4, 0.5) is 0 Å². The average Bonchev–Trinajstić information content (AvgIpc) is 2.67. The lowest BCUT2D eigenvalue weighted by Gasteiger charge is -2.53. The van der Waals surface area contributed by atoms with Gasteiger partial charge in [0.15, 0.2) is 0 Å². The number of ketones is 1. The first kappa shape index (κ1) is 22.3. The lowest BCUT2D eigenvalue weighted by molar-refractivity contribution is -0.140. The Morgan fingerprint density at radius 1 is 0.889 bits per heavy atom. The second kappa shape index (κ2) is 10.5. The molecule has 1 amide bonds. The molecule has 6 heteroatoms. The Hall–Kier alpha value is -0.980. The molecule has 0 heterocycles. The van der Waals surface area contributed by atoms with Gasteiger partial charge >= 0.3 is 0 Å². The molecule has 0 aromatic heterocycles. The summed E-state index contributed by atoms with van der Waals surface area (Å²) in [7, 11) is 0. The molecule has 3 aliphatic rings. The van der Waals surface area contributed by atoms with Gasteiger partial charge in [0.1, 0.15) is 5.78 Å². The van der Waals surface area contributed by atoms with Crippen molar-refractivity contribution in [1.29, 1.82) is 0 Å². The van der Waals surface area contributed by atoms with Crippen molar-refractivity contribution < 1.29 is 25.2 Å². The molecule has 27 heavy (non-hydrogen) atoms. The number of hydrogen-bond donors (Lipinski definition) is 1. The molecule has 0 radical (unpaired) electrons. The molecule has 6 nitrogen and oxygen atoms in total. The molecule has 0 saturated heterocycles. The summed E-state index contributed by atoms with van der Waals surface area (Å²) in [5.74, 6) is 0.571. The van der Waals surface area contributed by atoms with Gasteiger partial charge in [0.2, 0.25) is 5.91 Å². The third-order valence-electron chi connectivity index (χ3n) is 6.12. The summed E-state index contributed by atoms with van der Waals surface area (Å²) in [6, 6.07) is 0. The largest absolute Gasteiger partial charge is 0.379 e. The molecule has 0 unspecified atom stereocenters. The first-order valence-corrected chi connectivity index (χ1v) is 10.5. The lowest BCUT2D eigenvalue weighted by atomic mass is 9.54. The van der Waals surface area contributed by atoms with Crippen molar-refractivity contribution in [3.8, 4) is 0 Å². The van der Waals surface area contributed by atoms with E-state index in [0.717, 1.165) is 38.5 Å². The number of carbonyl (C=O) groups excluding carboxylic acids is 2. The van der Waals surface area contributed by atoms with E-state index in [9.17, 15) is 9.59 Å². The Bertz CT molecular complexity index is 473. The maximum Gasteiger partial charge on any atom is 0.222 e. The molecule has 3 saturated carbocycles. The Morgan fingerprint density at radius 3 is 1.93 bits per heavy atom. The molecule has 0 spiro atoms. The number of rotatable bonds is 13. The van der Waals surface area contributed by atoms with Gasteiger partial charge in [-0.3, -0.25) is 9.59 Å². The summed E-state index contributed by atoms with van der Waals surface area (Å²) in [6.07, 6.45) is 5.89. The number of fused-ring (bicyclic) bond motifs is 3. The Labute approximate surface area is 165 Å². The highest BCUT2D eigenvalue weighted by Crippen LogP contribution is 2.53. The van der Waals surface area contributed by atoms with Crippen molar-refractivity contribution in [3.63, 3.8) is 0 Å². The third-order valence-corrected chi connectivity index (χ3v) is 6.12. The molecule has 158 valence electrons. The zero-order valence-electron chi connectivity index (χ0n) is 17.3. The Balaban J connectivity index is 0.00000392. The van der Waals surface area contributed by atoms with E-state index in [1.165, 1.54) is 0 Å². The fourth-order valence-electron chi connectivity index (χ4n) is 4.46. The van der Waals surface area contributed by atoms with Gasteiger partial charge < -0.3 is 19.5 Å². The molecule has 0 aromatic rings. The number of carbonyl (C=O) groups is 2. The van der Waals surface area contributed by atoms with E-state index in [2.05, 4.69) is 5.32 Å². The number of nitrogens with one attached hydrogen (secondary N) is 1. The summed E-state index contributed by atoms with van der Waals surface area (Å²) in [6.45, 7) is 9.24. The van der Waals surface area contributed by atoms with E-state index < -0.39 is 0 Å². The normalized spacial score (nSPS) is 27.1. The average molecular weight is 386 g/mol. The molecule has 2 bridgehead atoms. The van der Waals surface area contributed by atoms with Crippen molar-refractivity contribution in [1.82, 2.24) is 5.32 Å². The highest BCUT2D eigenvalue weighted by molar-refractivity contribution is 5.87. The molecule has 3 fully saturated rings. The minimum atomic E-state index is -0.119. The van der Waals surface area contributed by atoms with Crippen molar-refractivity contribution in [2.75, 3.05) is 39.6 Å². The second-order valence-corrected chi connectivity index (χ2v) is 8.30. The van der Waals surface area contributed by atoms with Crippen LogP contribution in [0, 0.1) is 11.3 Å². The van der Waals surface area contributed by atoms with Gasteiger partial charge in [-0.25, -0.2) is 0 Å². The van der Waals surface area contributed by atoms with Gasteiger partial charge in [-0.2, -0.15) is 0 Å². The van der Waals surface area contributed by atoms with Crippen LogP contribution in [0.1, 0.15) is 67.1 Å². The molecule has 0 atom stereocenters. The minimum absolute atomic E-state index is 0. The number of Topliss-reactive ketones (excluding diaryl/α,β-unsaturated/α-hetero) is 1. The maximum atomic E-state index is 12.6. The summed E-state index contributed by atoms with van der Waals surface area (Å²) in [4.78, 5) is 24.9. The van der Waals surface area contributed by atoms with Crippen molar-refractivity contribution >= 4 is 11.7 Å². The van der Waals surface area contributed by atoms with Crippen molar-refractivity contribution in [2.45, 2.75) is 71.3 Å². The molecule has 3 rings (SSSR count). The number of amides is 1. The Kier molecular flexibility index (Phi) is 8.70.